The summed E-state index contributed by atoms with van der Waals surface area (Å²) in [6.07, 6.45) is 0.948. The fourth-order valence-electron chi connectivity index (χ4n) is 1.59. The first-order valence-electron chi connectivity index (χ1n) is 6.02. The number of rotatable bonds is 7. The van der Waals surface area contributed by atoms with Crippen LogP contribution in [0.2, 0.25) is 0 Å². The largest absolute Gasteiger partial charge is 0.371 e. The average molecular weight is 235 g/mol. The van der Waals surface area contributed by atoms with Gasteiger partial charge in [-0.05, 0) is 39.4 Å². The van der Waals surface area contributed by atoms with Crippen LogP contribution in [0.5, 0.6) is 0 Å². The first-order chi connectivity index (χ1) is 8.15. The van der Waals surface area contributed by atoms with E-state index >= 15 is 0 Å². The first kappa shape index (κ1) is 13.9. The number of carbonyl (C=O) groups excluding carboxylic acids is 1. The molecule has 1 N–H and O–H groups in total. The number of benzene rings is 1. The minimum atomic E-state index is 0.0606. The van der Waals surface area contributed by atoms with E-state index in [1.54, 1.807) is 0 Å². The number of nitrogens with one attached hydrogen (secondary N) is 1. The normalized spacial score (nSPS) is 10.8. The SMILES string of the molecule is CNCCc1ccccc1C(=O)COC(C)C. The molecule has 0 aliphatic carbocycles. The van der Waals surface area contributed by atoms with Crippen LogP contribution in [0.15, 0.2) is 24.3 Å². The highest BCUT2D eigenvalue weighted by atomic mass is 16.5. The summed E-state index contributed by atoms with van der Waals surface area (Å²) in [5, 5.41) is 3.09. The molecule has 0 saturated carbocycles. The zero-order chi connectivity index (χ0) is 12.7. The highest BCUT2D eigenvalue weighted by molar-refractivity contribution is 5.98. The molecule has 0 bridgehead atoms. The predicted octanol–water partition coefficient (Wildman–Crippen LogP) is 2.06. The maximum atomic E-state index is 12.0. The van der Waals surface area contributed by atoms with Gasteiger partial charge in [0.2, 0.25) is 0 Å². The number of ether oxygens (including phenoxy) is 1. The molecule has 1 aromatic rings. The Morgan fingerprint density at radius 1 is 1.35 bits per heavy atom. The lowest BCUT2D eigenvalue weighted by atomic mass is 10.0. The van der Waals surface area contributed by atoms with Crippen LogP contribution in [0.4, 0.5) is 0 Å². The van der Waals surface area contributed by atoms with E-state index in [0.29, 0.717) is 0 Å². The molecule has 17 heavy (non-hydrogen) atoms. The van der Waals surface area contributed by atoms with Gasteiger partial charge in [-0.15, -0.1) is 0 Å². The van der Waals surface area contributed by atoms with E-state index in [2.05, 4.69) is 5.32 Å². The molecule has 0 atom stereocenters. The highest BCUT2D eigenvalue weighted by Crippen LogP contribution is 2.10. The number of hydrogen-bond donors (Lipinski definition) is 1. The van der Waals surface area contributed by atoms with Crippen molar-refractivity contribution in [1.82, 2.24) is 5.32 Å². The van der Waals surface area contributed by atoms with Crippen LogP contribution in [0, 0.1) is 0 Å². The van der Waals surface area contributed by atoms with Gasteiger partial charge in [-0.1, -0.05) is 24.3 Å². The molecule has 1 aromatic carbocycles. The van der Waals surface area contributed by atoms with E-state index in [1.807, 2.05) is 45.2 Å². The second kappa shape index (κ2) is 7.20. The minimum absolute atomic E-state index is 0.0606. The highest BCUT2D eigenvalue weighted by Gasteiger charge is 2.11. The number of likely N-dealkylation sites (N-methyl/N-ethyl adjacent to an activating group) is 1. The van der Waals surface area contributed by atoms with E-state index in [1.165, 1.54) is 0 Å². The Morgan fingerprint density at radius 2 is 2.06 bits per heavy atom. The maximum Gasteiger partial charge on any atom is 0.188 e. The molecule has 0 amide bonds. The van der Waals surface area contributed by atoms with Crippen molar-refractivity contribution in [2.45, 2.75) is 26.4 Å². The van der Waals surface area contributed by atoms with E-state index in [-0.39, 0.29) is 18.5 Å². The van der Waals surface area contributed by atoms with Gasteiger partial charge in [-0.25, -0.2) is 0 Å². The van der Waals surface area contributed by atoms with E-state index < -0.39 is 0 Å². The van der Waals surface area contributed by atoms with Crippen molar-refractivity contribution in [2.75, 3.05) is 20.2 Å². The Bertz CT molecular complexity index is 361. The van der Waals surface area contributed by atoms with Crippen molar-refractivity contribution in [3.05, 3.63) is 35.4 Å². The van der Waals surface area contributed by atoms with Crippen LogP contribution in [0.1, 0.15) is 29.8 Å². The molecule has 1 rings (SSSR count). The quantitative estimate of drug-likeness (QED) is 0.735. The minimum Gasteiger partial charge on any atom is -0.371 e. The van der Waals surface area contributed by atoms with Gasteiger partial charge in [-0.3, -0.25) is 4.79 Å². The predicted molar refractivity (Wildman–Crippen MR) is 69.5 cm³/mol. The van der Waals surface area contributed by atoms with Gasteiger partial charge < -0.3 is 10.1 Å². The van der Waals surface area contributed by atoms with Gasteiger partial charge >= 0.3 is 0 Å². The maximum absolute atomic E-state index is 12.0. The molecule has 0 fully saturated rings. The monoisotopic (exact) mass is 235 g/mol. The molecule has 0 spiro atoms. The van der Waals surface area contributed by atoms with Crippen molar-refractivity contribution in [1.29, 1.82) is 0 Å². The number of carbonyl (C=O) groups is 1. The van der Waals surface area contributed by atoms with Crippen LogP contribution in [-0.4, -0.2) is 32.1 Å². The second-order valence-corrected chi connectivity index (χ2v) is 4.29. The molecule has 0 radical (unpaired) electrons. The van der Waals surface area contributed by atoms with E-state index in [4.69, 9.17) is 4.74 Å². The molecule has 0 aliphatic heterocycles. The third-order valence-corrected chi connectivity index (χ3v) is 2.51. The van der Waals surface area contributed by atoms with Crippen LogP contribution in [-0.2, 0) is 11.2 Å². The first-order valence-corrected chi connectivity index (χ1v) is 6.02. The van der Waals surface area contributed by atoms with E-state index in [0.717, 1.165) is 24.1 Å². The Labute approximate surface area is 103 Å². The van der Waals surface area contributed by atoms with Gasteiger partial charge in [0.15, 0.2) is 5.78 Å². The molecule has 0 saturated heterocycles. The zero-order valence-corrected chi connectivity index (χ0v) is 10.8. The molecule has 3 nitrogen and oxygen atoms in total. The third kappa shape index (κ3) is 4.67. The lowest BCUT2D eigenvalue weighted by Crippen LogP contribution is -2.17. The van der Waals surface area contributed by atoms with Crippen LogP contribution in [0.3, 0.4) is 0 Å². The second-order valence-electron chi connectivity index (χ2n) is 4.29. The lowest BCUT2D eigenvalue weighted by Gasteiger charge is -2.10. The van der Waals surface area contributed by atoms with Crippen LogP contribution < -0.4 is 5.32 Å². The smallest absolute Gasteiger partial charge is 0.188 e. The Hall–Kier alpha value is -1.19. The van der Waals surface area contributed by atoms with Crippen molar-refractivity contribution in [2.24, 2.45) is 0 Å². The standard InChI is InChI=1S/C14H21NO2/c1-11(2)17-10-14(16)13-7-5-4-6-12(13)8-9-15-3/h4-7,11,15H,8-10H2,1-3H3. The van der Waals surface area contributed by atoms with Gasteiger partial charge in [-0.2, -0.15) is 0 Å². The van der Waals surface area contributed by atoms with Crippen LogP contribution >= 0.6 is 0 Å². The zero-order valence-electron chi connectivity index (χ0n) is 10.8. The number of ketones is 1. The Morgan fingerprint density at radius 3 is 2.71 bits per heavy atom. The summed E-state index contributed by atoms with van der Waals surface area (Å²) in [5.41, 5.74) is 1.86. The summed E-state index contributed by atoms with van der Waals surface area (Å²) in [6.45, 7) is 4.89. The molecule has 3 heteroatoms. The molecular weight excluding hydrogens is 214 g/mol. The fraction of sp³-hybridized carbons (Fsp3) is 0.500. The van der Waals surface area contributed by atoms with Crippen molar-refractivity contribution in [3.63, 3.8) is 0 Å². The van der Waals surface area contributed by atoms with Crippen molar-refractivity contribution < 1.29 is 9.53 Å². The van der Waals surface area contributed by atoms with E-state index in [9.17, 15) is 4.79 Å². The summed E-state index contributed by atoms with van der Waals surface area (Å²) in [4.78, 5) is 12.0. The third-order valence-electron chi connectivity index (χ3n) is 2.51. The van der Waals surface area contributed by atoms with Crippen molar-refractivity contribution >= 4 is 5.78 Å². The molecule has 0 aliphatic rings. The van der Waals surface area contributed by atoms with Gasteiger partial charge in [0, 0.05) is 5.56 Å². The molecular formula is C14H21NO2. The van der Waals surface area contributed by atoms with Gasteiger partial charge in [0.05, 0.1) is 6.10 Å². The molecule has 0 unspecified atom stereocenters. The molecule has 0 heterocycles. The van der Waals surface area contributed by atoms with Crippen molar-refractivity contribution in [3.8, 4) is 0 Å². The summed E-state index contributed by atoms with van der Waals surface area (Å²) >= 11 is 0. The Balaban J connectivity index is 2.70. The number of hydrogen-bond acceptors (Lipinski definition) is 3. The van der Waals surface area contributed by atoms with Crippen LogP contribution in [0.25, 0.3) is 0 Å². The molecule has 0 aromatic heterocycles. The van der Waals surface area contributed by atoms with Gasteiger partial charge in [0.1, 0.15) is 6.61 Å². The summed E-state index contributed by atoms with van der Waals surface area (Å²) in [6, 6.07) is 7.73. The summed E-state index contributed by atoms with van der Waals surface area (Å²) in [5.74, 6) is 0.0606. The average Bonchev–Trinajstić information content (AvgIpc) is 2.33. The summed E-state index contributed by atoms with van der Waals surface area (Å²) < 4.78 is 5.35. The Kier molecular flexibility index (Phi) is 5.87. The van der Waals surface area contributed by atoms with Gasteiger partial charge in [0.25, 0.3) is 0 Å². The summed E-state index contributed by atoms with van der Waals surface area (Å²) in [7, 11) is 1.91. The lowest BCUT2D eigenvalue weighted by molar-refractivity contribution is 0.0584. The number of Topliss-reactive ketones (excluding diaryl/α,β-unsaturated/α-hetero) is 1. The molecule has 94 valence electrons. The fourth-order valence-corrected chi connectivity index (χ4v) is 1.59. The topological polar surface area (TPSA) is 38.3 Å².